The van der Waals surface area contributed by atoms with Crippen molar-refractivity contribution >= 4 is 33.3 Å². The Bertz CT molecular complexity index is 935. The van der Waals surface area contributed by atoms with Crippen LogP contribution in [0.3, 0.4) is 0 Å². The van der Waals surface area contributed by atoms with Crippen molar-refractivity contribution < 1.29 is 4.79 Å². The molecule has 0 saturated carbocycles. The summed E-state index contributed by atoms with van der Waals surface area (Å²) in [6, 6.07) is 13.5. The molecule has 3 rings (SSSR count). The Morgan fingerprint density at radius 3 is 2.76 bits per heavy atom. The Kier molecular flexibility index (Phi) is 4.85. The molecule has 0 saturated heterocycles. The van der Waals surface area contributed by atoms with Gasteiger partial charge in [-0.3, -0.25) is 4.79 Å². The van der Waals surface area contributed by atoms with Crippen LogP contribution in [0.5, 0.6) is 0 Å². The van der Waals surface area contributed by atoms with Crippen molar-refractivity contribution in [2.75, 3.05) is 11.1 Å². The maximum atomic E-state index is 12.5. The van der Waals surface area contributed by atoms with Gasteiger partial charge in [0, 0.05) is 10.2 Å². The molecule has 0 atom stereocenters. The van der Waals surface area contributed by atoms with Crippen LogP contribution in [0.1, 0.15) is 27.2 Å². The van der Waals surface area contributed by atoms with Crippen LogP contribution in [0.4, 0.5) is 11.5 Å². The van der Waals surface area contributed by atoms with Crippen molar-refractivity contribution in [1.29, 1.82) is 0 Å². The number of aryl methyl sites for hydroxylation is 1. The first-order chi connectivity index (χ1) is 12.0. The molecule has 1 heterocycles. The molecule has 1 aromatic heterocycles. The van der Waals surface area contributed by atoms with Crippen LogP contribution in [0.25, 0.3) is 0 Å². The predicted molar refractivity (Wildman–Crippen MR) is 102 cm³/mol. The molecule has 0 fully saturated rings. The monoisotopic (exact) mass is 399 g/mol. The lowest BCUT2D eigenvalue weighted by Gasteiger charge is -2.09. The molecule has 0 aliphatic heterocycles. The SMILES string of the molecule is Cc1cccc(NC(=O)c2nnn(Cc3cccc(Br)c3)c2N)c1C. The number of nitrogen functional groups attached to an aromatic ring is 1. The highest BCUT2D eigenvalue weighted by Gasteiger charge is 2.18. The molecule has 0 aliphatic rings. The number of nitrogens with zero attached hydrogens (tertiary/aromatic N) is 3. The van der Waals surface area contributed by atoms with E-state index in [1.54, 1.807) is 0 Å². The predicted octanol–water partition coefficient (Wildman–Crippen LogP) is 3.54. The summed E-state index contributed by atoms with van der Waals surface area (Å²) in [5, 5.41) is 10.8. The van der Waals surface area contributed by atoms with E-state index in [0.29, 0.717) is 6.54 Å². The summed E-state index contributed by atoms with van der Waals surface area (Å²) >= 11 is 3.43. The van der Waals surface area contributed by atoms with E-state index in [2.05, 4.69) is 31.6 Å². The molecule has 3 aromatic rings. The fraction of sp³-hybridized carbons (Fsp3) is 0.167. The van der Waals surface area contributed by atoms with Gasteiger partial charge in [-0.1, -0.05) is 45.4 Å². The number of rotatable bonds is 4. The third-order valence-corrected chi connectivity index (χ3v) is 4.56. The minimum atomic E-state index is -0.369. The topological polar surface area (TPSA) is 85.8 Å². The van der Waals surface area contributed by atoms with Crippen LogP contribution in [0.15, 0.2) is 46.9 Å². The van der Waals surface area contributed by atoms with Crippen molar-refractivity contribution in [3.8, 4) is 0 Å². The average molecular weight is 400 g/mol. The summed E-state index contributed by atoms with van der Waals surface area (Å²) in [4.78, 5) is 12.5. The number of benzene rings is 2. The Balaban J connectivity index is 1.80. The minimum absolute atomic E-state index is 0.121. The number of carbonyl (C=O) groups excluding carboxylic acids is 1. The van der Waals surface area contributed by atoms with Crippen molar-refractivity contribution in [3.05, 3.63) is 69.3 Å². The van der Waals surface area contributed by atoms with Crippen molar-refractivity contribution in [1.82, 2.24) is 15.0 Å². The Morgan fingerprint density at radius 1 is 1.24 bits per heavy atom. The van der Waals surface area contributed by atoms with E-state index in [9.17, 15) is 4.79 Å². The molecule has 0 bridgehead atoms. The normalized spacial score (nSPS) is 10.7. The number of hydrogen-bond acceptors (Lipinski definition) is 4. The second-order valence-electron chi connectivity index (χ2n) is 5.81. The summed E-state index contributed by atoms with van der Waals surface area (Å²) in [7, 11) is 0. The third kappa shape index (κ3) is 3.71. The van der Waals surface area contributed by atoms with Gasteiger partial charge in [0.25, 0.3) is 5.91 Å². The first-order valence-corrected chi connectivity index (χ1v) is 8.56. The number of carbonyl (C=O) groups is 1. The lowest BCUT2D eigenvalue weighted by molar-refractivity contribution is 0.102. The molecule has 128 valence electrons. The van der Waals surface area contributed by atoms with Gasteiger partial charge < -0.3 is 11.1 Å². The number of halogens is 1. The standard InChI is InChI=1S/C18H18BrN5O/c1-11-5-3-8-15(12(11)2)21-18(25)16-17(20)24(23-22-16)10-13-6-4-7-14(19)9-13/h3-9H,10,20H2,1-2H3,(H,21,25). The summed E-state index contributed by atoms with van der Waals surface area (Å²) in [5.41, 5.74) is 10.1. The fourth-order valence-electron chi connectivity index (χ4n) is 2.48. The minimum Gasteiger partial charge on any atom is -0.382 e. The van der Waals surface area contributed by atoms with E-state index in [1.165, 1.54) is 4.68 Å². The number of anilines is 2. The highest BCUT2D eigenvalue weighted by molar-refractivity contribution is 9.10. The summed E-state index contributed by atoms with van der Waals surface area (Å²) < 4.78 is 2.48. The number of nitrogens with one attached hydrogen (secondary N) is 1. The first kappa shape index (κ1) is 17.2. The highest BCUT2D eigenvalue weighted by Crippen LogP contribution is 2.20. The molecule has 0 radical (unpaired) electrons. The lowest BCUT2D eigenvalue weighted by atomic mass is 10.1. The smallest absolute Gasteiger partial charge is 0.280 e. The van der Waals surface area contributed by atoms with Gasteiger partial charge in [-0.05, 0) is 48.7 Å². The van der Waals surface area contributed by atoms with Crippen LogP contribution in [-0.4, -0.2) is 20.9 Å². The molecule has 2 aromatic carbocycles. The molecule has 25 heavy (non-hydrogen) atoms. The Morgan fingerprint density at radius 2 is 2.00 bits per heavy atom. The molecular formula is C18H18BrN5O. The average Bonchev–Trinajstić information content (AvgIpc) is 2.93. The van der Waals surface area contributed by atoms with Gasteiger partial charge in [0.1, 0.15) is 0 Å². The highest BCUT2D eigenvalue weighted by atomic mass is 79.9. The molecule has 7 heteroatoms. The van der Waals surface area contributed by atoms with Gasteiger partial charge in [-0.15, -0.1) is 5.10 Å². The second-order valence-corrected chi connectivity index (χ2v) is 6.73. The van der Waals surface area contributed by atoms with Gasteiger partial charge >= 0.3 is 0 Å². The van der Waals surface area contributed by atoms with Gasteiger partial charge in [0.05, 0.1) is 6.54 Å². The van der Waals surface area contributed by atoms with Crippen molar-refractivity contribution in [2.24, 2.45) is 0 Å². The molecule has 0 spiro atoms. The maximum Gasteiger partial charge on any atom is 0.280 e. The van der Waals surface area contributed by atoms with Crippen LogP contribution in [0, 0.1) is 13.8 Å². The summed E-state index contributed by atoms with van der Waals surface area (Å²) in [6.45, 7) is 4.39. The third-order valence-electron chi connectivity index (χ3n) is 4.06. The zero-order chi connectivity index (χ0) is 18.0. The van der Waals surface area contributed by atoms with Gasteiger partial charge in [0.15, 0.2) is 11.5 Å². The molecule has 6 nitrogen and oxygen atoms in total. The van der Waals surface area contributed by atoms with Gasteiger partial charge in [-0.2, -0.15) is 0 Å². The van der Waals surface area contributed by atoms with Crippen molar-refractivity contribution in [2.45, 2.75) is 20.4 Å². The van der Waals surface area contributed by atoms with Crippen LogP contribution < -0.4 is 11.1 Å². The van der Waals surface area contributed by atoms with E-state index in [1.807, 2.05) is 56.3 Å². The molecule has 1 amide bonds. The molecule has 0 aliphatic carbocycles. The summed E-state index contributed by atoms with van der Waals surface area (Å²) in [5.74, 6) is -0.130. The first-order valence-electron chi connectivity index (χ1n) is 7.76. The van der Waals surface area contributed by atoms with E-state index >= 15 is 0 Å². The largest absolute Gasteiger partial charge is 0.382 e. The number of amides is 1. The van der Waals surface area contributed by atoms with E-state index in [-0.39, 0.29) is 17.4 Å². The van der Waals surface area contributed by atoms with Crippen LogP contribution in [0.2, 0.25) is 0 Å². The quantitative estimate of drug-likeness (QED) is 0.702. The lowest BCUT2D eigenvalue weighted by Crippen LogP contribution is -2.16. The number of nitrogens with two attached hydrogens (primary N) is 1. The number of hydrogen-bond donors (Lipinski definition) is 2. The Hall–Kier alpha value is -2.67. The van der Waals surface area contributed by atoms with E-state index < -0.39 is 0 Å². The van der Waals surface area contributed by atoms with Gasteiger partial charge in [-0.25, -0.2) is 4.68 Å². The molecule has 3 N–H and O–H groups in total. The van der Waals surface area contributed by atoms with Gasteiger partial charge in [0.2, 0.25) is 0 Å². The van der Waals surface area contributed by atoms with Crippen molar-refractivity contribution in [3.63, 3.8) is 0 Å². The number of aromatic nitrogens is 3. The van der Waals surface area contributed by atoms with Crippen LogP contribution in [-0.2, 0) is 6.54 Å². The molecular weight excluding hydrogens is 382 g/mol. The zero-order valence-electron chi connectivity index (χ0n) is 14.0. The maximum absolute atomic E-state index is 12.5. The second kappa shape index (κ2) is 7.06. The van der Waals surface area contributed by atoms with E-state index in [4.69, 9.17) is 5.73 Å². The molecule has 0 unspecified atom stereocenters. The summed E-state index contributed by atoms with van der Waals surface area (Å²) in [6.07, 6.45) is 0. The Labute approximate surface area is 154 Å². The van der Waals surface area contributed by atoms with E-state index in [0.717, 1.165) is 26.9 Å². The fourth-order valence-corrected chi connectivity index (χ4v) is 2.92. The van der Waals surface area contributed by atoms with Crippen LogP contribution >= 0.6 is 15.9 Å². The zero-order valence-corrected chi connectivity index (χ0v) is 15.5.